The number of amides is 1. The number of aliphatic carboxylic acids is 1. The van der Waals surface area contributed by atoms with Crippen LogP contribution in [0.4, 0.5) is 0 Å². The molecule has 1 aromatic rings. The van der Waals surface area contributed by atoms with Crippen molar-refractivity contribution in [2.75, 3.05) is 13.2 Å². The third kappa shape index (κ3) is 5.79. The Bertz CT molecular complexity index is 649. The van der Waals surface area contributed by atoms with E-state index >= 15 is 0 Å². The van der Waals surface area contributed by atoms with Crippen molar-refractivity contribution in [2.24, 2.45) is 0 Å². The Kier molecular flexibility index (Phi) is 7.79. The number of hydrogen-bond donors (Lipinski definition) is 2. The minimum absolute atomic E-state index is 0.262. The molecule has 1 aliphatic rings. The molecule has 0 aliphatic carbocycles. The maximum absolute atomic E-state index is 12.7. The van der Waals surface area contributed by atoms with Crippen molar-refractivity contribution in [2.45, 2.75) is 57.7 Å². The number of carbonyl (C=O) groups excluding carboxylic acids is 2. The summed E-state index contributed by atoms with van der Waals surface area (Å²) in [6.07, 6.45) is 2.29. The van der Waals surface area contributed by atoms with Crippen LogP contribution in [-0.4, -0.2) is 59.1 Å². The highest BCUT2D eigenvalue weighted by Gasteiger charge is 2.36. The molecule has 7 heteroatoms. The highest BCUT2D eigenvalue weighted by molar-refractivity contribution is 5.88. The number of nitrogens with one attached hydrogen (secondary N) is 1. The maximum atomic E-state index is 12.7. The number of rotatable bonds is 9. The fourth-order valence-corrected chi connectivity index (χ4v) is 3.38. The molecule has 1 saturated heterocycles. The van der Waals surface area contributed by atoms with Crippen LogP contribution < -0.4 is 5.32 Å². The normalized spacial score (nSPS) is 18.7. The second-order valence-electron chi connectivity index (χ2n) is 6.75. The third-order valence-corrected chi connectivity index (χ3v) is 4.78. The Balaban J connectivity index is 2.01. The zero-order chi connectivity index (χ0) is 19.8. The molecule has 1 amide bonds. The molecule has 7 nitrogen and oxygen atoms in total. The lowest BCUT2D eigenvalue weighted by Gasteiger charge is -2.27. The lowest BCUT2D eigenvalue weighted by atomic mass is 10.0. The lowest BCUT2D eigenvalue weighted by molar-refractivity contribution is -0.150. The summed E-state index contributed by atoms with van der Waals surface area (Å²) in [6, 6.07) is 7.69. The predicted octanol–water partition coefficient (Wildman–Crippen LogP) is 1.60. The number of ether oxygens (including phenoxy) is 1. The molecule has 1 unspecified atom stereocenters. The first-order chi connectivity index (χ1) is 12.9. The van der Waals surface area contributed by atoms with Gasteiger partial charge >= 0.3 is 11.9 Å². The van der Waals surface area contributed by atoms with Gasteiger partial charge in [-0.2, -0.15) is 0 Å². The van der Waals surface area contributed by atoms with E-state index in [9.17, 15) is 19.5 Å². The van der Waals surface area contributed by atoms with Crippen LogP contribution in [0, 0.1) is 0 Å². The minimum Gasteiger partial charge on any atom is -0.480 e. The molecule has 1 fully saturated rings. The van der Waals surface area contributed by atoms with Crippen molar-refractivity contribution in [1.29, 1.82) is 0 Å². The van der Waals surface area contributed by atoms with E-state index in [0.717, 1.165) is 5.56 Å². The van der Waals surface area contributed by atoms with Crippen LogP contribution in [0.25, 0.3) is 0 Å². The number of benzene rings is 1. The molecule has 2 rings (SSSR count). The van der Waals surface area contributed by atoms with E-state index in [-0.39, 0.29) is 12.5 Å². The standard InChI is InChI=1S/C20H28N2O5/c1-3-27-20(26)16(12-11-15-8-5-4-6-9-15)21-14(2)18(23)22-13-7-10-17(22)19(24)25/h4-6,8-9,14,16-17,21H,3,7,10-13H2,1-2H3,(H,24,25)/t14?,16-,17-/m0/s1. The Morgan fingerprint density at radius 1 is 1.30 bits per heavy atom. The molecule has 3 atom stereocenters. The van der Waals surface area contributed by atoms with Crippen molar-refractivity contribution in [1.82, 2.24) is 10.2 Å². The van der Waals surface area contributed by atoms with Crippen molar-refractivity contribution < 1.29 is 24.2 Å². The quantitative estimate of drug-likeness (QED) is 0.636. The van der Waals surface area contributed by atoms with Crippen LogP contribution >= 0.6 is 0 Å². The number of carboxylic acids is 1. The second kappa shape index (κ2) is 10.1. The van der Waals surface area contributed by atoms with E-state index in [2.05, 4.69) is 5.32 Å². The number of carbonyl (C=O) groups is 3. The van der Waals surface area contributed by atoms with Crippen molar-refractivity contribution in [3.05, 3.63) is 35.9 Å². The molecule has 0 spiro atoms. The van der Waals surface area contributed by atoms with Crippen molar-refractivity contribution in [3.63, 3.8) is 0 Å². The SMILES string of the molecule is CCOC(=O)[C@H](CCc1ccccc1)NC(C)C(=O)N1CCC[C@H]1C(=O)O. The zero-order valence-corrected chi connectivity index (χ0v) is 15.9. The van der Waals surface area contributed by atoms with Crippen molar-refractivity contribution in [3.8, 4) is 0 Å². The van der Waals surface area contributed by atoms with Gasteiger partial charge < -0.3 is 14.7 Å². The Morgan fingerprint density at radius 3 is 2.63 bits per heavy atom. The van der Waals surface area contributed by atoms with Gasteiger partial charge in [0.1, 0.15) is 12.1 Å². The van der Waals surface area contributed by atoms with Crippen LogP contribution in [0.2, 0.25) is 0 Å². The topological polar surface area (TPSA) is 95.9 Å². The van der Waals surface area contributed by atoms with Crippen molar-refractivity contribution >= 4 is 17.8 Å². The summed E-state index contributed by atoms with van der Waals surface area (Å²) in [6.45, 7) is 4.09. The third-order valence-electron chi connectivity index (χ3n) is 4.78. The molecular weight excluding hydrogens is 348 g/mol. The molecule has 148 valence electrons. The smallest absolute Gasteiger partial charge is 0.326 e. The zero-order valence-electron chi connectivity index (χ0n) is 15.9. The molecule has 0 saturated carbocycles. The number of esters is 1. The molecule has 0 aromatic heterocycles. The van der Waals surface area contributed by atoms with Crippen LogP contribution in [0.1, 0.15) is 38.7 Å². The van der Waals surface area contributed by atoms with E-state index < -0.39 is 30.1 Å². The van der Waals surface area contributed by atoms with Gasteiger partial charge in [0.05, 0.1) is 12.6 Å². The first kappa shape index (κ1) is 20.9. The summed E-state index contributed by atoms with van der Waals surface area (Å²) in [5, 5.41) is 12.3. The molecule has 1 heterocycles. The van der Waals surface area contributed by atoms with Gasteiger partial charge in [0.25, 0.3) is 0 Å². The lowest BCUT2D eigenvalue weighted by Crippen LogP contribution is -2.53. The first-order valence-corrected chi connectivity index (χ1v) is 9.44. The van der Waals surface area contributed by atoms with E-state index in [0.29, 0.717) is 32.2 Å². The molecular formula is C20H28N2O5. The summed E-state index contributed by atoms with van der Waals surface area (Å²) < 4.78 is 5.14. The average Bonchev–Trinajstić information content (AvgIpc) is 3.15. The van der Waals surface area contributed by atoms with Gasteiger partial charge in [-0.25, -0.2) is 4.79 Å². The van der Waals surface area contributed by atoms with Crippen LogP contribution in [-0.2, 0) is 25.5 Å². The largest absolute Gasteiger partial charge is 0.480 e. The fourth-order valence-electron chi connectivity index (χ4n) is 3.38. The number of nitrogens with zero attached hydrogens (tertiary/aromatic N) is 1. The summed E-state index contributed by atoms with van der Waals surface area (Å²) in [5.74, 6) is -1.68. The summed E-state index contributed by atoms with van der Waals surface area (Å²) in [5.41, 5.74) is 1.10. The highest BCUT2D eigenvalue weighted by atomic mass is 16.5. The predicted molar refractivity (Wildman–Crippen MR) is 100 cm³/mol. The number of likely N-dealkylation sites (tertiary alicyclic amines) is 1. The van der Waals surface area contributed by atoms with Gasteiger partial charge in [-0.1, -0.05) is 30.3 Å². The van der Waals surface area contributed by atoms with Gasteiger partial charge in [-0.3, -0.25) is 14.9 Å². The van der Waals surface area contributed by atoms with Crippen LogP contribution in [0.15, 0.2) is 30.3 Å². The van der Waals surface area contributed by atoms with Crippen LogP contribution in [0.3, 0.4) is 0 Å². The van der Waals surface area contributed by atoms with Gasteiger partial charge in [-0.05, 0) is 45.1 Å². The number of hydrogen-bond acceptors (Lipinski definition) is 5. The average molecular weight is 376 g/mol. The fraction of sp³-hybridized carbons (Fsp3) is 0.550. The van der Waals surface area contributed by atoms with Crippen LogP contribution in [0.5, 0.6) is 0 Å². The summed E-state index contributed by atoms with van der Waals surface area (Å²) in [7, 11) is 0. The highest BCUT2D eigenvalue weighted by Crippen LogP contribution is 2.19. The molecule has 1 aromatic carbocycles. The minimum atomic E-state index is -0.987. The van der Waals surface area contributed by atoms with Gasteiger partial charge in [0.15, 0.2) is 0 Å². The molecule has 27 heavy (non-hydrogen) atoms. The Labute approximate surface area is 159 Å². The van der Waals surface area contributed by atoms with E-state index in [1.165, 1.54) is 4.90 Å². The van der Waals surface area contributed by atoms with Gasteiger partial charge in [0, 0.05) is 6.54 Å². The summed E-state index contributed by atoms with van der Waals surface area (Å²) in [4.78, 5) is 37.7. The van der Waals surface area contributed by atoms with Gasteiger partial charge in [-0.15, -0.1) is 0 Å². The number of aryl methyl sites for hydroxylation is 1. The molecule has 0 bridgehead atoms. The maximum Gasteiger partial charge on any atom is 0.326 e. The van der Waals surface area contributed by atoms with E-state index in [4.69, 9.17) is 4.74 Å². The molecule has 0 radical (unpaired) electrons. The monoisotopic (exact) mass is 376 g/mol. The Morgan fingerprint density at radius 2 is 2.00 bits per heavy atom. The first-order valence-electron chi connectivity index (χ1n) is 9.44. The number of carboxylic acid groups (broad SMARTS) is 1. The van der Waals surface area contributed by atoms with E-state index in [1.54, 1.807) is 13.8 Å². The van der Waals surface area contributed by atoms with Gasteiger partial charge in [0.2, 0.25) is 5.91 Å². The summed E-state index contributed by atoms with van der Waals surface area (Å²) >= 11 is 0. The second-order valence-corrected chi connectivity index (χ2v) is 6.75. The van der Waals surface area contributed by atoms with E-state index in [1.807, 2.05) is 30.3 Å². The molecule has 1 aliphatic heterocycles. The Hall–Kier alpha value is -2.41. The molecule has 2 N–H and O–H groups in total.